The van der Waals surface area contributed by atoms with E-state index in [0.717, 1.165) is 37.4 Å². The number of methoxy groups -OCH3 is 1. The van der Waals surface area contributed by atoms with E-state index in [1.165, 1.54) is 43.2 Å². The predicted octanol–water partition coefficient (Wildman–Crippen LogP) is 4.78. The molecule has 156 valence electrons. The summed E-state index contributed by atoms with van der Waals surface area (Å²) in [6.07, 6.45) is 10.3. The Bertz CT molecular complexity index is 833. The van der Waals surface area contributed by atoms with Crippen LogP contribution in [0.15, 0.2) is 42.5 Å². The Morgan fingerprint density at radius 2 is 2.03 bits per heavy atom. The average molecular weight is 394 g/mol. The summed E-state index contributed by atoms with van der Waals surface area (Å²) in [6.45, 7) is 0.103. The van der Waals surface area contributed by atoms with Gasteiger partial charge in [-0.2, -0.15) is 0 Å². The number of hydrogen-bond acceptors (Lipinski definition) is 3. The van der Waals surface area contributed by atoms with Crippen molar-refractivity contribution in [1.82, 2.24) is 0 Å². The molecular weight excluding hydrogens is 358 g/mol. The highest BCUT2D eigenvalue weighted by Gasteiger charge is 2.36. The van der Waals surface area contributed by atoms with Gasteiger partial charge in [-0.15, -0.1) is 0 Å². The molecule has 0 heterocycles. The van der Waals surface area contributed by atoms with Crippen molar-refractivity contribution in [3.8, 4) is 5.75 Å². The molecule has 2 aliphatic rings. The highest BCUT2D eigenvalue weighted by atomic mass is 16.5. The second-order valence-electron chi connectivity index (χ2n) is 9.34. The second-order valence-corrected chi connectivity index (χ2v) is 9.34. The molecular formula is C26H35NO2. The molecule has 3 N–H and O–H groups in total. The van der Waals surface area contributed by atoms with Gasteiger partial charge in [0, 0.05) is 5.54 Å². The van der Waals surface area contributed by atoms with E-state index in [9.17, 15) is 5.11 Å². The highest BCUT2D eigenvalue weighted by Crippen LogP contribution is 2.40. The third-order valence-corrected chi connectivity index (χ3v) is 7.20. The Morgan fingerprint density at radius 3 is 2.83 bits per heavy atom. The number of benzene rings is 2. The minimum absolute atomic E-state index is 0.103. The van der Waals surface area contributed by atoms with Crippen LogP contribution in [0.3, 0.4) is 0 Å². The standard InChI is InChI=1S/C26H35NO2/c1-29-25-7-3-6-19(15-25)4-2-5-20-8-9-22-16-23(11-10-21(22)14-20)24-12-13-26(27,17-24)18-28/h3,6-7,10-11,15-16,20,24,28H,2,4-5,8-9,12-14,17-18,27H2,1H3/t20?,24-,26+/m0/s1. The van der Waals surface area contributed by atoms with Crippen molar-refractivity contribution in [3.05, 3.63) is 64.7 Å². The number of rotatable bonds is 7. The van der Waals surface area contributed by atoms with Crippen LogP contribution in [0.25, 0.3) is 0 Å². The lowest BCUT2D eigenvalue weighted by atomic mass is 9.79. The van der Waals surface area contributed by atoms with Gasteiger partial charge in [0.1, 0.15) is 5.75 Å². The molecule has 0 radical (unpaired) electrons. The van der Waals surface area contributed by atoms with Gasteiger partial charge < -0.3 is 15.6 Å². The van der Waals surface area contributed by atoms with Crippen LogP contribution in [0.5, 0.6) is 5.75 Å². The topological polar surface area (TPSA) is 55.5 Å². The fourth-order valence-electron chi connectivity index (χ4n) is 5.36. The lowest BCUT2D eigenvalue weighted by molar-refractivity contribution is 0.198. The van der Waals surface area contributed by atoms with E-state index in [0.29, 0.717) is 5.92 Å². The van der Waals surface area contributed by atoms with Gasteiger partial charge in [-0.05, 0) is 104 Å². The van der Waals surface area contributed by atoms with Crippen molar-refractivity contribution < 1.29 is 9.84 Å². The van der Waals surface area contributed by atoms with Gasteiger partial charge in [-0.3, -0.25) is 0 Å². The van der Waals surface area contributed by atoms with E-state index >= 15 is 0 Å². The van der Waals surface area contributed by atoms with Crippen LogP contribution < -0.4 is 10.5 Å². The summed E-state index contributed by atoms with van der Waals surface area (Å²) in [4.78, 5) is 0. The molecule has 0 saturated heterocycles. The van der Waals surface area contributed by atoms with Crippen LogP contribution in [-0.2, 0) is 19.3 Å². The molecule has 0 bridgehead atoms. The highest BCUT2D eigenvalue weighted by molar-refractivity contribution is 5.36. The minimum Gasteiger partial charge on any atom is -0.497 e. The fourth-order valence-corrected chi connectivity index (χ4v) is 5.36. The molecule has 1 fully saturated rings. The first-order chi connectivity index (χ1) is 14.1. The zero-order valence-corrected chi connectivity index (χ0v) is 17.7. The number of nitrogens with two attached hydrogens (primary N) is 1. The number of fused-ring (bicyclic) bond motifs is 1. The molecule has 0 aromatic heterocycles. The molecule has 4 rings (SSSR count). The van der Waals surface area contributed by atoms with E-state index in [1.807, 2.05) is 6.07 Å². The van der Waals surface area contributed by atoms with Crippen molar-refractivity contribution in [2.24, 2.45) is 11.7 Å². The summed E-state index contributed by atoms with van der Waals surface area (Å²) in [5.74, 6) is 2.27. The van der Waals surface area contributed by atoms with Crippen molar-refractivity contribution >= 4 is 0 Å². The molecule has 1 saturated carbocycles. The van der Waals surface area contributed by atoms with Crippen LogP contribution in [0.1, 0.15) is 66.7 Å². The zero-order chi connectivity index (χ0) is 20.3. The third kappa shape index (κ3) is 4.84. The number of ether oxygens (including phenoxy) is 1. The molecule has 29 heavy (non-hydrogen) atoms. The van der Waals surface area contributed by atoms with E-state index in [-0.39, 0.29) is 12.1 Å². The first-order valence-corrected chi connectivity index (χ1v) is 11.2. The summed E-state index contributed by atoms with van der Waals surface area (Å²) in [6, 6.07) is 15.6. The van der Waals surface area contributed by atoms with Crippen molar-refractivity contribution in [2.45, 2.75) is 69.2 Å². The van der Waals surface area contributed by atoms with E-state index < -0.39 is 0 Å². The maximum Gasteiger partial charge on any atom is 0.119 e. The first-order valence-electron chi connectivity index (χ1n) is 11.2. The van der Waals surface area contributed by atoms with Crippen LogP contribution in [0.4, 0.5) is 0 Å². The summed E-state index contributed by atoms with van der Waals surface area (Å²) < 4.78 is 5.34. The number of aliphatic hydroxyl groups excluding tert-OH is 1. The number of aryl methyl sites for hydroxylation is 2. The smallest absolute Gasteiger partial charge is 0.119 e. The number of aliphatic hydroxyl groups is 1. The molecule has 1 unspecified atom stereocenters. The monoisotopic (exact) mass is 393 g/mol. The Hall–Kier alpha value is -1.84. The summed E-state index contributed by atoms with van der Waals surface area (Å²) in [5.41, 5.74) is 11.8. The maximum absolute atomic E-state index is 9.55. The summed E-state index contributed by atoms with van der Waals surface area (Å²) >= 11 is 0. The lowest BCUT2D eigenvalue weighted by Crippen LogP contribution is -2.40. The molecule has 2 aliphatic carbocycles. The van der Waals surface area contributed by atoms with E-state index in [2.05, 4.69) is 36.4 Å². The summed E-state index contributed by atoms with van der Waals surface area (Å²) in [7, 11) is 1.73. The molecule has 3 nitrogen and oxygen atoms in total. The SMILES string of the molecule is COc1cccc(CCCC2CCc3cc([C@H]4CC[C@](N)(CO)C4)ccc3C2)c1. The van der Waals surface area contributed by atoms with Gasteiger partial charge in [0.2, 0.25) is 0 Å². The Labute approximate surface area is 175 Å². The molecule has 0 aliphatic heterocycles. The second kappa shape index (κ2) is 8.89. The van der Waals surface area contributed by atoms with Crippen LogP contribution >= 0.6 is 0 Å². The quantitative estimate of drug-likeness (QED) is 0.712. The lowest BCUT2D eigenvalue weighted by Gasteiger charge is -2.26. The fraction of sp³-hybridized carbons (Fsp3) is 0.538. The van der Waals surface area contributed by atoms with Crippen LogP contribution in [0.2, 0.25) is 0 Å². The maximum atomic E-state index is 9.55. The predicted molar refractivity (Wildman–Crippen MR) is 118 cm³/mol. The van der Waals surface area contributed by atoms with Gasteiger partial charge in [-0.1, -0.05) is 30.3 Å². The van der Waals surface area contributed by atoms with Crippen molar-refractivity contribution in [1.29, 1.82) is 0 Å². The largest absolute Gasteiger partial charge is 0.497 e. The van der Waals surface area contributed by atoms with E-state index in [4.69, 9.17) is 10.5 Å². The normalized spacial score (nSPS) is 26.3. The molecule has 2 aromatic carbocycles. The van der Waals surface area contributed by atoms with Gasteiger partial charge in [0.25, 0.3) is 0 Å². The van der Waals surface area contributed by atoms with Crippen molar-refractivity contribution in [2.75, 3.05) is 13.7 Å². The Balaban J connectivity index is 1.31. The van der Waals surface area contributed by atoms with Gasteiger partial charge in [-0.25, -0.2) is 0 Å². The molecule has 0 spiro atoms. The van der Waals surface area contributed by atoms with Crippen LogP contribution in [0, 0.1) is 5.92 Å². The molecule has 2 aromatic rings. The average Bonchev–Trinajstić information content (AvgIpc) is 3.16. The van der Waals surface area contributed by atoms with Crippen LogP contribution in [-0.4, -0.2) is 24.4 Å². The third-order valence-electron chi connectivity index (χ3n) is 7.20. The Kier molecular flexibility index (Phi) is 6.26. The van der Waals surface area contributed by atoms with Crippen molar-refractivity contribution in [3.63, 3.8) is 0 Å². The summed E-state index contributed by atoms with van der Waals surface area (Å²) in [5, 5.41) is 9.55. The Morgan fingerprint density at radius 1 is 1.14 bits per heavy atom. The molecule has 3 heteroatoms. The number of hydrogen-bond donors (Lipinski definition) is 2. The van der Waals surface area contributed by atoms with E-state index in [1.54, 1.807) is 18.2 Å². The first kappa shape index (κ1) is 20.4. The molecule has 3 atom stereocenters. The zero-order valence-electron chi connectivity index (χ0n) is 17.7. The minimum atomic E-state index is -0.367. The molecule has 0 amide bonds. The van der Waals surface area contributed by atoms with Gasteiger partial charge in [0.15, 0.2) is 0 Å². The van der Waals surface area contributed by atoms with Gasteiger partial charge in [0.05, 0.1) is 13.7 Å². The van der Waals surface area contributed by atoms with Gasteiger partial charge >= 0.3 is 0 Å².